The quantitative estimate of drug-likeness (QED) is 0.371. The Morgan fingerprint density at radius 1 is 1.60 bits per heavy atom. The molecule has 1 heterocycles. The number of nitro groups is 1. The van der Waals surface area contributed by atoms with Crippen molar-refractivity contribution in [1.82, 2.24) is 4.98 Å². The standard InChI is InChI=1S/C7H4BrF3N2O2/c8-2-3-1-4(5(9)10)7(13(14)15)12-6(3)11/h1,5H,2H2. The molecule has 0 amide bonds. The lowest BCUT2D eigenvalue weighted by molar-refractivity contribution is -0.391. The third-order valence-electron chi connectivity index (χ3n) is 1.61. The van der Waals surface area contributed by atoms with Crippen molar-refractivity contribution in [2.75, 3.05) is 0 Å². The van der Waals surface area contributed by atoms with Crippen LogP contribution in [-0.4, -0.2) is 9.91 Å². The maximum atomic E-state index is 13.0. The number of rotatable bonds is 3. The molecule has 4 nitrogen and oxygen atoms in total. The first kappa shape index (κ1) is 11.9. The lowest BCUT2D eigenvalue weighted by Crippen LogP contribution is -2.03. The molecule has 0 aromatic carbocycles. The smallest absolute Gasteiger partial charge is 0.358 e. The third-order valence-corrected chi connectivity index (χ3v) is 2.21. The van der Waals surface area contributed by atoms with Crippen molar-refractivity contribution >= 4 is 21.7 Å². The topological polar surface area (TPSA) is 56.0 Å². The highest BCUT2D eigenvalue weighted by Gasteiger charge is 2.26. The van der Waals surface area contributed by atoms with E-state index in [0.29, 0.717) is 0 Å². The predicted octanol–water partition coefficient (Wildman–Crippen LogP) is 2.96. The van der Waals surface area contributed by atoms with Crippen LogP contribution in [0.3, 0.4) is 0 Å². The van der Waals surface area contributed by atoms with Crippen molar-refractivity contribution in [2.45, 2.75) is 11.8 Å². The summed E-state index contributed by atoms with van der Waals surface area (Å²) in [6, 6.07) is 0.736. The van der Waals surface area contributed by atoms with Crippen LogP contribution < -0.4 is 0 Å². The predicted molar refractivity (Wildman–Crippen MR) is 48.4 cm³/mol. The van der Waals surface area contributed by atoms with E-state index >= 15 is 0 Å². The Morgan fingerprint density at radius 2 is 2.20 bits per heavy atom. The normalized spacial score (nSPS) is 10.7. The van der Waals surface area contributed by atoms with Crippen molar-refractivity contribution in [3.63, 3.8) is 0 Å². The Hall–Kier alpha value is -1.18. The molecule has 0 saturated carbocycles. The molecule has 0 aliphatic heterocycles. The summed E-state index contributed by atoms with van der Waals surface area (Å²) < 4.78 is 37.7. The largest absolute Gasteiger partial charge is 0.375 e. The summed E-state index contributed by atoms with van der Waals surface area (Å²) in [6.45, 7) is 0. The van der Waals surface area contributed by atoms with Crippen LogP contribution in [0.5, 0.6) is 0 Å². The van der Waals surface area contributed by atoms with E-state index in [2.05, 4.69) is 20.9 Å². The Labute approximate surface area is 90.4 Å². The minimum Gasteiger partial charge on any atom is -0.358 e. The summed E-state index contributed by atoms with van der Waals surface area (Å²) in [5.41, 5.74) is -1.02. The zero-order valence-corrected chi connectivity index (χ0v) is 8.67. The molecule has 1 aromatic rings. The van der Waals surface area contributed by atoms with Crippen LogP contribution in [0.2, 0.25) is 0 Å². The van der Waals surface area contributed by atoms with Crippen LogP contribution >= 0.6 is 15.9 Å². The minimum atomic E-state index is -3.06. The van der Waals surface area contributed by atoms with Gasteiger partial charge in [0.25, 0.3) is 6.43 Å². The molecule has 8 heteroatoms. The third kappa shape index (κ3) is 2.44. The van der Waals surface area contributed by atoms with Gasteiger partial charge in [-0.1, -0.05) is 15.9 Å². The summed E-state index contributed by atoms with van der Waals surface area (Å²) in [5.74, 6) is -2.27. The molecule has 0 aliphatic carbocycles. The number of hydrogen-bond donors (Lipinski definition) is 0. The van der Waals surface area contributed by atoms with Crippen LogP contribution in [0.1, 0.15) is 17.6 Å². The van der Waals surface area contributed by atoms with Crippen LogP contribution in [0.25, 0.3) is 0 Å². The van der Waals surface area contributed by atoms with E-state index in [4.69, 9.17) is 0 Å². The molecule has 0 atom stereocenters. The Kier molecular flexibility index (Phi) is 3.61. The monoisotopic (exact) mass is 284 g/mol. The van der Waals surface area contributed by atoms with Gasteiger partial charge in [-0.05, 0) is 16.0 Å². The molecule has 15 heavy (non-hydrogen) atoms. The van der Waals surface area contributed by atoms with Crippen LogP contribution in [0.4, 0.5) is 19.0 Å². The number of pyridine rings is 1. The summed E-state index contributed by atoms with van der Waals surface area (Å²) in [5, 5.41) is 10.3. The molecular formula is C7H4BrF3N2O2. The molecule has 1 aromatic heterocycles. The summed E-state index contributed by atoms with van der Waals surface area (Å²) in [7, 11) is 0. The van der Waals surface area contributed by atoms with E-state index < -0.39 is 28.7 Å². The second-order valence-electron chi connectivity index (χ2n) is 2.54. The number of aromatic nitrogens is 1. The first-order valence-electron chi connectivity index (χ1n) is 3.65. The van der Waals surface area contributed by atoms with Gasteiger partial charge in [0, 0.05) is 10.9 Å². The van der Waals surface area contributed by atoms with Crippen molar-refractivity contribution in [3.8, 4) is 0 Å². The summed E-state index contributed by atoms with van der Waals surface area (Å²) in [4.78, 5) is 12.1. The molecular weight excluding hydrogens is 281 g/mol. The molecule has 0 saturated heterocycles. The van der Waals surface area contributed by atoms with Gasteiger partial charge in [0.05, 0.1) is 0 Å². The van der Waals surface area contributed by atoms with Gasteiger partial charge in [-0.2, -0.15) is 4.39 Å². The van der Waals surface area contributed by atoms with E-state index in [1.807, 2.05) is 0 Å². The highest BCUT2D eigenvalue weighted by molar-refractivity contribution is 9.08. The Balaban J connectivity index is 3.38. The summed E-state index contributed by atoms with van der Waals surface area (Å²) in [6.07, 6.45) is -3.06. The maximum Gasteiger partial charge on any atom is 0.375 e. The van der Waals surface area contributed by atoms with Gasteiger partial charge < -0.3 is 10.1 Å². The van der Waals surface area contributed by atoms with Gasteiger partial charge in [0.1, 0.15) is 5.56 Å². The maximum absolute atomic E-state index is 13.0. The number of alkyl halides is 3. The lowest BCUT2D eigenvalue weighted by atomic mass is 10.2. The average Bonchev–Trinajstić information content (AvgIpc) is 2.16. The van der Waals surface area contributed by atoms with Gasteiger partial charge in [0.15, 0.2) is 0 Å². The van der Waals surface area contributed by atoms with Gasteiger partial charge in [0.2, 0.25) is 0 Å². The fourth-order valence-corrected chi connectivity index (χ4v) is 1.33. The second-order valence-corrected chi connectivity index (χ2v) is 3.10. The fraction of sp³-hybridized carbons (Fsp3) is 0.286. The Bertz CT molecular complexity index is 400. The van der Waals surface area contributed by atoms with Gasteiger partial charge in [-0.15, -0.1) is 0 Å². The van der Waals surface area contributed by atoms with E-state index in [9.17, 15) is 23.3 Å². The average molecular weight is 285 g/mol. The zero-order chi connectivity index (χ0) is 11.6. The molecule has 0 radical (unpaired) electrons. The molecule has 0 spiro atoms. The van der Waals surface area contributed by atoms with Crippen LogP contribution in [0.15, 0.2) is 6.07 Å². The molecule has 0 aliphatic rings. The molecule has 0 unspecified atom stereocenters. The first-order chi connectivity index (χ1) is 6.97. The van der Waals surface area contributed by atoms with Crippen LogP contribution in [-0.2, 0) is 5.33 Å². The van der Waals surface area contributed by atoms with Crippen LogP contribution in [0, 0.1) is 16.1 Å². The molecule has 0 N–H and O–H groups in total. The highest BCUT2D eigenvalue weighted by Crippen LogP contribution is 2.29. The molecule has 0 fully saturated rings. The first-order valence-corrected chi connectivity index (χ1v) is 4.77. The zero-order valence-electron chi connectivity index (χ0n) is 7.08. The second kappa shape index (κ2) is 4.56. The van der Waals surface area contributed by atoms with E-state index in [1.165, 1.54) is 0 Å². The number of halogens is 4. The number of nitrogens with zero attached hydrogens (tertiary/aromatic N) is 2. The van der Waals surface area contributed by atoms with E-state index in [1.54, 1.807) is 0 Å². The summed E-state index contributed by atoms with van der Waals surface area (Å²) >= 11 is 2.86. The SMILES string of the molecule is O=[N+]([O-])c1nc(F)c(CBr)cc1C(F)F. The van der Waals surface area contributed by atoms with Crippen molar-refractivity contribution < 1.29 is 18.1 Å². The molecule has 0 bridgehead atoms. The lowest BCUT2D eigenvalue weighted by Gasteiger charge is -2.02. The van der Waals surface area contributed by atoms with Crippen molar-refractivity contribution in [3.05, 3.63) is 33.3 Å². The van der Waals surface area contributed by atoms with Gasteiger partial charge in [-0.3, -0.25) is 0 Å². The van der Waals surface area contributed by atoms with E-state index in [-0.39, 0.29) is 10.9 Å². The van der Waals surface area contributed by atoms with Gasteiger partial charge >= 0.3 is 11.8 Å². The van der Waals surface area contributed by atoms with Gasteiger partial charge in [-0.25, -0.2) is 8.78 Å². The fourth-order valence-electron chi connectivity index (χ4n) is 0.942. The Morgan fingerprint density at radius 3 is 2.60 bits per heavy atom. The van der Waals surface area contributed by atoms with E-state index in [0.717, 1.165) is 6.07 Å². The minimum absolute atomic E-state index is 0.0381. The van der Waals surface area contributed by atoms with Crippen molar-refractivity contribution in [1.29, 1.82) is 0 Å². The molecule has 1 rings (SSSR count). The highest BCUT2D eigenvalue weighted by atomic mass is 79.9. The number of hydrogen-bond acceptors (Lipinski definition) is 3. The van der Waals surface area contributed by atoms with Crippen molar-refractivity contribution in [2.24, 2.45) is 0 Å². The molecule has 82 valence electrons.